The van der Waals surface area contributed by atoms with E-state index in [1.165, 1.54) is 19.3 Å². The van der Waals surface area contributed by atoms with Gasteiger partial charge in [0.25, 0.3) is 5.91 Å². The van der Waals surface area contributed by atoms with Crippen molar-refractivity contribution in [2.75, 3.05) is 53.5 Å². The van der Waals surface area contributed by atoms with Crippen LogP contribution in [-0.2, 0) is 28.6 Å². The van der Waals surface area contributed by atoms with E-state index in [1.54, 1.807) is 0 Å². The van der Waals surface area contributed by atoms with Crippen molar-refractivity contribution in [2.24, 2.45) is 17.8 Å². The number of amides is 1. The fourth-order valence-electron chi connectivity index (χ4n) is 10.2. The number of halogens is 1. The van der Waals surface area contributed by atoms with Crippen molar-refractivity contribution in [1.82, 2.24) is 24.9 Å². The molecule has 1 N–H and O–H groups in total. The van der Waals surface area contributed by atoms with Crippen molar-refractivity contribution in [2.45, 2.75) is 133 Å². The second-order valence-electron chi connectivity index (χ2n) is 17.1. The first-order chi connectivity index (χ1) is 23.4. The second kappa shape index (κ2) is 14.1. The van der Waals surface area contributed by atoms with Gasteiger partial charge in [-0.3, -0.25) is 24.2 Å². The molecule has 12 heteroatoms. The number of carbonyl (C=O) groups is 3. The molecule has 7 rings (SSSR count). The van der Waals surface area contributed by atoms with Crippen LogP contribution in [0.25, 0.3) is 0 Å². The first-order valence-corrected chi connectivity index (χ1v) is 19.0. The Hall–Kier alpha value is -2.12. The molecule has 11 unspecified atom stereocenters. The molecule has 274 valence electrons. The molecule has 0 bridgehead atoms. The number of alkyl halides is 1. The smallest absolute Gasteiger partial charge is 0.320 e. The van der Waals surface area contributed by atoms with Crippen LogP contribution in [0.5, 0.6) is 0 Å². The van der Waals surface area contributed by atoms with Crippen molar-refractivity contribution in [1.29, 1.82) is 0 Å². The van der Waals surface area contributed by atoms with E-state index in [2.05, 4.69) is 20.0 Å². The zero-order valence-corrected chi connectivity index (χ0v) is 30.2. The van der Waals surface area contributed by atoms with Crippen LogP contribution in [0.15, 0.2) is 11.8 Å². The Balaban J connectivity index is 1.13. The molecule has 4 heterocycles. The molecule has 3 saturated carbocycles. The third kappa shape index (κ3) is 7.19. The number of nitrogens with zero attached hydrogens (tertiary/aromatic N) is 4. The summed E-state index contributed by atoms with van der Waals surface area (Å²) in [6.45, 7) is 8.80. The summed E-state index contributed by atoms with van der Waals surface area (Å²) < 4.78 is 36.0. The summed E-state index contributed by atoms with van der Waals surface area (Å²) in [5.74, 6) is -0.636. The Morgan fingerprint density at radius 2 is 1.80 bits per heavy atom. The molecule has 7 aliphatic rings. The lowest BCUT2D eigenvalue weighted by Gasteiger charge is -2.61. The van der Waals surface area contributed by atoms with Crippen molar-refractivity contribution in [3.05, 3.63) is 11.8 Å². The van der Waals surface area contributed by atoms with Gasteiger partial charge in [-0.15, -0.1) is 0 Å². The van der Waals surface area contributed by atoms with Gasteiger partial charge in [0.1, 0.15) is 11.8 Å². The number of unbranched alkanes of at least 4 members (excludes halogenated alkanes) is 1. The van der Waals surface area contributed by atoms with Crippen LogP contribution >= 0.6 is 0 Å². The fourth-order valence-corrected chi connectivity index (χ4v) is 10.2. The number of nitrogens with one attached hydrogen (secondary N) is 1. The van der Waals surface area contributed by atoms with E-state index in [0.717, 1.165) is 38.6 Å². The Morgan fingerprint density at radius 3 is 2.57 bits per heavy atom. The topological polar surface area (TPSA) is 104 Å². The highest BCUT2D eigenvalue weighted by atomic mass is 19.1. The van der Waals surface area contributed by atoms with Crippen LogP contribution in [-0.4, -0.2) is 145 Å². The zero-order chi connectivity index (χ0) is 34.6. The lowest BCUT2D eigenvalue weighted by Crippen LogP contribution is -2.73. The third-order valence-corrected chi connectivity index (χ3v) is 12.3. The highest BCUT2D eigenvalue weighted by molar-refractivity contribution is 6.20. The molecule has 11 nitrogen and oxygen atoms in total. The molecule has 3 saturated heterocycles. The minimum atomic E-state index is -1.31. The number of fused-ring (bicyclic) bond motifs is 5. The maximum absolute atomic E-state index is 16.6. The van der Waals surface area contributed by atoms with Crippen LogP contribution in [0, 0.1) is 17.8 Å². The highest BCUT2D eigenvalue weighted by Gasteiger charge is 2.62. The van der Waals surface area contributed by atoms with Gasteiger partial charge < -0.3 is 29.3 Å². The van der Waals surface area contributed by atoms with Gasteiger partial charge >= 0.3 is 5.97 Å². The summed E-state index contributed by atoms with van der Waals surface area (Å²) in [7, 11) is 4.05. The van der Waals surface area contributed by atoms with Gasteiger partial charge in [0.15, 0.2) is 5.78 Å². The lowest BCUT2D eigenvalue weighted by atomic mass is 9.67. The molecule has 49 heavy (non-hydrogen) atoms. The Morgan fingerprint density at radius 1 is 1.00 bits per heavy atom. The predicted molar refractivity (Wildman–Crippen MR) is 181 cm³/mol. The third-order valence-electron chi connectivity index (χ3n) is 12.3. The maximum Gasteiger partial charge on any atom is 0.320 e. The van der Waals surface area contributed by atoms with Gasteiger partial charge in [0, 0.05) is 31.8 Å². The van der Waals surface area contributed by atoms with E-state index in [-0.39, 0.29) is 60.5 Å². The predicted octanol–water partition coefficient (Wildman–Crippen LogP) is 2.73. The van der Waals surface area contributed by atoms with Crippen LogP contribution in [0.2, 0.25) is 0 Å². The molecule has 4 aliphatic heterocycles. The van der Waals surface area contributed by atoms with Crippen LogP contribution in [0.1, 0.15) is 78.6 Å². The van der Waals surface area contributed by atoms with Gasteiger partial charge in [0.05, 0.1) is 61.3 Å². The van der Waals surface area contributed by atoms with Gasteiger partial charge in [-0.25, -0.2) is 4.39 Å². The zero-order valence-electron chi connectivity index (χ0n) is 30.2. The van der Waals surface area contributed by atoms with Crippen LogP contribution < -0.4 is 5.32 Å². The summed E-state index contributed by atoms with van der Waals surface area (Å²) in [5.41, 5.74) is -0.426. The molecule has 6 fully saturated rings. The largest absolute Gasteiger partial charge is 0.459 e. The van der Waals surface area contributed by atoms with Gasteiger partial charge in [-0.2, -0.15) is 0 Å². The number of carbonyl (C=O) groups excluding carboxylic acids is 3. The number of esters is 1. The van der Waals surface area contributed by atoms with E-state index in [1.807, 2.05) is 46.0 Å². The number of morpholine rings is 1. The van der Waals surface area contributed by atoms with E-state index >= 15 is 4.39 Å². The SMILES string of the molecule is CN(C)CCCCNC(=O)C1=CN2C3CC4OC5CCCCC5C4CC3OC3C(N4CCN(CC(=O)OC(C)(C)C)C4)C(F)CC(C1=O)C32. The van der Waals surface area contributed by atoms with Crippen molar-refractivity contribution >= 4 is 17.7 Å². The molecule has 0 aromatic rings. The minimum absolute atomic E-state index is 0.0415. The average Bonchev–Trinajstić information content (AvgIpc) is 3.63. The minimum Gasteiger partial charge on any atom is -0.459 e. The Bertz CT molecular complexity index is 1290. The first kappa shape index (κ1) is 35.3. The summed E-state index contributed by atoms with van der Waals surface area (Å²) in [6, 6.07) is -0.954. The monoisotopic (exact) mass is 687 g/mol. The second-order valence-corrected chi connectivity index (χ2v) is 17.1. The number of ketones is 1. The lowest BCUT2D eigenvalue weighted by molar-refractivity contribution is -0.221. The normalized spacial score (nSPS) is 39.2. The van der Waals surface area contributed by atoms with Crippen molar-refractivity contribution in [3.63, 3.8) is 0 Å². The summed E-state index contributed by atoms with van der Waals surface area (Å²) >= 11 is 0. The summed E-state index contributed by atoms with van der Waals surface area (Å²) in [5, 5.41) is 2.99. The van der Waals surface area contributed by atoms with E-state index in [4.69, 9.17) is 14.2 Å². The Kier molecular flexibility index (Phi) is 10.2. The van der Waals surface area contributed by atoms with Gasteiger partial charge in [-0.1, -0.05) is 12.8 Å². The number of hydrogen-bond acceptors (Lipinski definition) is 10. The first-order valence-electron chi connectivity index (χ1n) is 19.0. The Labute approximate surface area is 291 Å². The molecule has 11 atom stereocenters. The molecule has 0 spiro atoms. The number of hydrogen-bond donors (Lipinski definition) is 1. The van der Waals surface area contributed by atoms with E-state index in [9.17, 15) is 14.4 Å². The summed E-state index contributed by atoms with van der Waals surface area (Å²) in [4.78, 5) is 48.8. The molecule has 0 radical (unpaired) electrons. The van der Waals surface area contributed by atoms with Crippen molar-refractivity contribution in [3.8, 4) is 0 Å². The number of rotatable bonds is 9. The fraction of sp³-hybridized carbons (Fsp3) is 0.865. The summed E-state index contributed by atoms with van der Waals surface area (Å²) in [6.07, 6.45) is 8.46. The number of Topliss-reactive ketones (excluding diaryl/α,β-unsaturated/α-hetero) is 1. The van der Waals surface area contributed by atoms with Crippen LogP contribution in [0.3, 0.4) is 0 Å². The molecule has 3 aliphatic carbocycles. The standard InChI is InChI=1S/C37H58FN5O6/c1-37(2,3)49-31(44)20-41-14-15-42(21-41)33-26(38)16-24-32-35(33)48-30-17-23-22-10-6-7-11-28(22)47-29(23)18-27(30)43(32)19-25(34(24)45)36(46)39-12-8-9-13-40(4)5/h19,22-24,26-30,32-33,35H,6-18,20-21H2,1-5H3,(H,39,46). The van der Waals surface area contributed by atoms with Crippen molar-refractivity contribution < 1.29 is 33.0 Å². The quantitative estimate of drug-likeness (QED) is 0.221. The highest BCUT2D eigenvalue weighted by Crippen LogP contribution is 2.53. The average molecular weight is 688 g/mol. The number of ether oxygens (including phenoxy) is 3. The van der Waals surface area contributed by atoms with Crippen LogP contribution in [0.4, 0.5) is 4.39 Å². The molecule has 1 amide bonds. The molecule has 0 aromatic carbocycles. The van der Waals surface area contributed by atoms with Gasteiger partial charge in [-0.05, 0) is 98.2 Å². The molecular formula is C37H58FN5O6. The van der Waals surface area contributed by atoms with E-state index in [0.29, 0.717) is 44.2 Å². The maximum atomic E-state index is 16.6. The molecule has 0 aromatic heterocycles. The van der Waals surface area contributed by atoms with Gasteiger partial charge in [0.2, 0.25) is 0 Å². The van der Waals surface area contributed by atoms with E-state index < -0.39 is 29.8 Å². The molecular weight excluding hydrogens is 629 g/mol.